The Hall–Kier alpha value is -2.42. The zero-order valence-electron chi connectivity index (χ0n) is 15.0. The first kappa shape index (κ1) is 13.7. The highest BCUT2D eigenvalue weighted by molar-refractivity contribution is 6.11. The topological polar surface area (TPSA) is 17.3 Å². The van der Waals surface area contributed by atoms with Crippen LogP contribution in [-0.2, 0) is 0 Å². The van der Waals surface area contributed by atoms with Gasteiger partial charge in [0.05, 0.1) is 11.2 Å². The van der Waals surface area contributed by atoms with Crippen LogP contribution in [0.2, 0.25) is 0 Å². The van der Waals surface area contributed by atoms with Crippen molar-refractivity contribution in [1.82, 2.24) is 9.38 Å². The minimum absolute atomic E-state index is 0.163. The highest BCUT2D eigenvalue weighted by atomic mass is 19.1. The van der Waals surface area contributed by atoms with E-state index in [1.54, 1.807) is 12.1 Å². The lowest BCUT2D eigenvalue weighted by Gasteiger charge is -2.67. The molecule has 3 fully saturated rings. The summed E-state index contributed by atoms with van der Waals surface area (Å²) in [7, 11) is 0. The van der Waals surface area contributed by atoms with Crippen LogP contribution in [0.3, 0.4) is 0 Å². The lowest BCUT2D eigenvalue weighted by molar-refractivity contribution is -0.147. The maximum atomic E-state index is 14.3. The zero-order valence-corrected chi connectivity index (χ0v) is 15.0. The van der Waals surface area contributed by atoms with Crippen molar-refractivity contribution < 1.29 is 4.39 Å². The Kier molecular flexibility index (Phi) is 2.05. The molecule has 0 saturated heterocycles. The largest absolute Gasteiger partial charge is 0.295 e. The number of aromatic nitrogens is 2. The average molecular weight is 354 g/mol. The molecule has 2 aromatic carbocycles. The summed E-state index contributed by atoms with van der Waals surface area (Å²) >= 11 is 0. The molecule has 132 valence electrons. The summed E-state index contributed by atoms with van der Waals surface area (Å²) in [6, 6.07) is 13.7. The summed E-state index contributed by atoms with van der Waals surface area (Å²) in [5.74, 6) is 2.97. The van der Waals surface area contributed by atoms with Gasteiger partial charge in [-0.15, -0.1) is 0 Å². The summed E-state index contributed by atoms with van der Waals surface area (Å²) in [5.41, 5.74) is 5.38. The summed E-state index contributed by atoms with van der Waals surface area (Å²) < 4.78 is 16.6. The van der Waals surface area contributed by atoms with E-state index in [9.17, 15) is 4.39 Å². The molecule has 0 aliphatic heterocycles. The molecule has 0 amide bonds. The normalized spacial score (nSPS) is 35.1. The highest BCUT2D eigenvalue weighted by Gasteiger charge is 2.73. The fraction of sp³-hybridized carbons (Fsp3) is 0.375. The van der Waals surface area contributed by atoms with Crippen LogP contribution >= 0.6 is 0 Å². The van der Waals surface area contributed by atoms with Crippen molar-refractivity contribution in [2.24, 2.45) is 17.3 Å². The maximum Gasteiger partial charge on any atom is 0.145 e. The van der Waals surface area contributed by atoms with Gasteiger partial charge in [0.2, 0.25) is 0 Å². The fourth-order valence-corrected chi connectivity index (χ4v) is 7.76. The van der Waals surface area contributed by atoms with Crippen LogP contribution in [0.25, 0.3) is 27.3 Å². The van der Waals surface area contributed by atoms with Crippen molar-refractivity contribution >= 4 is 27.3 Å². The van der Waals surface area contributed by atoms with Crippen molar-refractivity contribution in [2.75, 3.05) is 0 Å². The van der Waals surface area contributed by atoms with Crippen molar-refractivity contribution in [3.05, 3.63) is 59.7 Å². The SMILES string of the molecule is Fc1ccc2c3ccccc3c3nc4c(n3c2c1)C1CC2CC3CC4C23C1. The molecule has 0 radical (unpaired) electrons. The summed E-state index contributed by atoms with van der Waals surface area (Å²) in [5, 5.41) is 3.51. The van der Waals surface area contributed by atoms with Crippen molar-refractivity contribution in [2.45, 2.75) is 37.5 Å². The number of hydrogen-bond acceptors (Lipinski definition) is 1. The van der Waals surface area contributed by atoms with E-state index in [2.05, 4.69) is 28.7 Å². The van der Waals surface area contributed by atoms with Crippen LogP contribution in [0.4, 0.5) is 4.39 Å². The van der Waals surface area contributed by atoms with Gasteiger partial charge in [-0.05, 0) is 66.5 Å². The van der Waals surface area contributed by atoms with Gasteiger partial charge in [-0.3, -0.25) is 4.40 Å². The maximum absolute atomic E-state index is 14.3. The molecule has 4 aliphatic rings. The molecule has 1 spiro atoms. The second-order valence-corrected chi connectivity index (χ2v) is 9.42. The van der Waals surface area contributed by atoms with E-state index in [0.29, 0.717) is 17.3 Å². The third-order valence-electron chi connectivity index (χ3n) is 8.74. The average Bonchev–Trinajstić information content (AvgIpc) is 3.24. The molecule has 2 heterocycles. The van der Waals surface area contributed by atoms with Crippen molar-refractivity contribution in [3.8, 4) is 0 Å². The Labute approximate surface area is 156 Å². The molecule has 0 N–H and O–H groups in total. The van der Waals surface area contributed by atoms with Crippen molar-refractivity contribution in [3.63, 3.8) is 0 Å². The van der Waals surface area contributed by atoms with Gasteiger partial charge in [0.15, 0.2) is 0 Å². The Morgan fingerprint density at radius 2 is 1.81 bits per heavy atom. The van der Waals surface area contributed by atoms with Gasteiger partial charge in [-0.25, -0.2) is 9.37 Å². The molecule has 4 aromatic rings. The fourth-order valence-electron chi connectivity index (χ4n) is 7.76. The Bertz CT molecular complexity index is 1330. The molecule has 3 heteroatoms. The van der Waals surface area contributed by atoms with Crippen molar-refractivity contribution in [1.29, 1.82) is 0 Å². The molecular weight excluding hydrogens is 335 g/mol. The van der Waals surface area contributed by atoms with E-state index < -0.39 is 0 Å². The smallest absolute Gasteiger partial charge is 0.145 e. The van der Waals surface area contributed by atoms with Gasteiger partial charge in [-0.2, -0.15) is 0 Å². The molecule has 2 bridgehead atoms. The molecule has 8 rings (SSSR count). The molecule has 4 aliphatic carbocycles. The molecule has 3 saturated carbocycles. The minimum atomic E-state index is -0.163. The summed E-state index contributed by atoms with van der Waals surface area (Å²) in [6.07, 6.45) is 5.43. The third kappa shape index (κ3) is 1.28. The first-order chi connectivity index (χ1) is 13.3. The predicted molar refractivity (Wildman–Crippen MR) is 104 cm³/mol. The van der Waals surface area contributed by atoms with E-state index in [1.807, 2.05) is 6.07 Å². The van der Waals surface area contributed by atoms with Crippen LogP contribution < -0.4 is 0 Å². The molecule has 5 unspecified atom stereocenters. The van der Waals surface area contributed by atoms with Gasteiger partial charge in [0.1, 0.15) is 11.5 Å². The standard InChI is InChI=1S/C24H19FN2/c25-15-5-6-17-16-3-1-2-4-18(16)23-26-21-19-9-14-8-13-7-12(11-24(13,14)19)22(21)27(23)20(17)10-15/h1-6,10,12-14,19H,7-9,11H2. The second kappa shape index (κ2) is 4.04. The molecule has 2 nitrogen and oxygen atoms in total. The lowest BCUT2D eigenvalue weighted by Crippen LogP contribution is -2.59. The minimum Gasteiger partial charge on any atom is -0.295 e. The van der Waals surface area contributed by atoms with Gasteiger partial charge >= 0.3 is 0 Å². The third-order valence-corrected chi connectivity index (χ3v) is 8.74. The van der Waals surface area contributed by atoms with Crippen LogP contribution in [0.1, 0.15) is 48.9 Å². The molecule has 27 heavy (non-hydrogen) atoms. The number of imidazole rings is 1. The van der Waals surface area contributed by atoms with Crippen LogP contribution in [0.15, 0.2) is 42.5 Å². The quantitative estimate of drug-likeness (QED) is 0.366. The van der Waals surface area contributed by atoms with Crippen LogP contribution in [0, 0.1) is 23.1 Å². The number of nitrogens with zero attached hydrogens (tertiary/aromatic N) is 2. The van der Waals surface area contributed by atoms with Crippen LogP contribution in [-0.4, -0.2) is 9.38 Å². The highest BCUT2D eigenvalue weighted by Crippen LogP contribution is 2.81. The Morgan fingerprint density at radius 3 is 2.70 bits per heavy atom. The van der Waals surface area contributed by atoms with Gasteiger partial charge in [0.25, 0.3) is 0 Å². The van der Waals surface area contributed by atoms with Gasteiger partial charge in [-0.1, -0.05) is 24.3 Å². The van der Waals surface area contributed by atoms with E-state index in [-0.39, 0.29) is 5.82 Å². The number of rotatable bonds is 0. The van der Waals surface area contributed by atoms with Crippen LogP contribution in [0.5, 0.6) is 0 Å². The van der Waals surface area contributed by atoms with E-state index in [0.717, 1.165) is 28.4 Å². The van der Waals surface area contributed by atoms with E-state index in [4.69, 9.17) is 4.98 Å². The predicted octanol–water partition coefficient (Wildman–Crippen LogP) is 5.78. The Balaban J connectivity index is 1.60. The monoisotopic (exact) mass is 354 g/mol. The molecule has 2 aromatic heterocycles. The van der Waals surface area contributed by atoms with E-state index >= 15 is 0 Å². The first-order valence-corrected chi connectivity index (χ1v) is 10.3. The van der Waals surface area contributed by atoms with Gasteiger partial charge in [0, 0.05) is 28.3 Å². The second-order valence-electron chi connectivity index (χ2n) is 9.42. The summed E-state index contributed by atoms with van der Waals surface area (Å²) in [6.45, 7) is 0. The molecular formula is C24H19FN2. The number of halogens is 1. The number of benzene rings is 2. The van der Waals surface area contributed by atoms with Gasteiger partial charge < -0.3 is 0 Å². The Morgan fingerprint density at radius 1 is 0.963 bits per heavy atom. The van der Waals surface area contributed by atoms with E-state index in [1.165, 1.54) is 47.8 Å². The summed E-state index contributed by atoms with van der Waals surface area (Å²) in [4.78, 5) is 5.28. The lowest BCUT2D eigenvalue weighted by atomic mass is 9.37. The number of pyridine rings is 1. The first-order valence-electron chi connectivity index (χ1n) is 10.3. The molecule has 5 atom stereocenters. The zero-order chi connectivity index (χ0) is 17.5. The number of fused-ring (bicyclic) bond motifs is 11. The number of hydrogen-bond donors (Lipinski definition) is 0.